The van der Waals surface area contributed by atoms with Gasteiger partial charge in [0.25, 0.3) is 0 Å². The summed E-state index contributed by atoms with van der Waals surface area (Å²) in [4.78, 5) is 11.0. The van der Waals surface area contributed by atoms with Crippen LogP contribution in [-0.4, -0.2) is 5.78 Å². The molecule has 0 aromatic heterocycles. The van der Waals surface area contributed by atoms with Gasteiger partial charge in [0, 0.05) is 0 Å². The van der Waals surface area contributed by atoms with Crippen LogP contribution in [0, 0.1) is 5.82 Å². The van der Waals surface area contributed by atoms with Gasteiger partial charge in [0.2, 0.25) is 0 Å². The second-order valence-electron chi connectivity index (χ2n) is 4.22. The summed E-state index contributed by atoms with van der Waals surface area (Å²) < 4.78 is 12.7. The van der Waals surface area contributed by atoms with Crippen molar-refractivity contribution in [2.75, 3.05) is 0 Å². The number of carbonyl (C=O) groups is 1. The minimum Gasteiger partial charge on any atom is -0.295 e. The van der Waals surface area contributed by atoms with Gasteiger partial charge in [-0.1, -0.05) is 29.9 Å². The van der Waals surface area contributed by atoms with Crippen molar-refractivity contribution in [1.29, 1.82) is 0 Å². The lowest BCUT2D eigenvalue weighted by molar-refractivity contribution is -0.113. The Labute approximate surface area is 102 Å². The molecule has 0 aliphatic heterocycles. The van der Waals surface area contributed by atoms with E-state index in [4.69, 9.17) is 0 Å². The molecule has 17 heavy (non-hydrogen) atoms. The maximum Gasteiger partial charge on any atom is 0.155 e. The van der Waals surface area contributed by atoms with Crippen molar-refractivity contribution in [1.82, 2.24) is 0 Å². The molecule has 1 aromatic rings. The highest BCUT2D eigenvalue weighted by molar-refractivity contribution is 5.92. The highest BCUT2D eigenvalue weighted by atomic mass is 19.1. The molecule has 0 saturated heterocycles. The minimum atomic E-state index is -0.220. The van der Waals surface area contributed by atoms with Crippen LogP contribution < -0.4 is 0 Å². The van der Waals surface area contributed by atoms with Gasteiger partial charge in [-0.3, -0.25) is 4.79 Å². The lowest BCUT2D eigenvalue weighted by Gasteiger charge is -2.01. The second kappa shape index (κ2) is 6.14. The Bertz CT molecular complexity index is 452. The van der Waals surface area contributed by atoms with E-state index in [1.807, 2.05) is 19.1 Å². The molecular weight excluding hydrogens is 215 g/mol. The minimum absolute atomic E-state index is 0.0795. The zero-order valence-corrected chi connectivity index (χ0v) is 10.5. The summed E-state index contributed by atoms with van der Waals surface area (Å²) in [5.41, 5.74) is 2.94. The number of allylic oxidation sites excluding steroid dienone is 4. The molecule has 0 heterocycles. The van der Waals surface area contributed by atoms with E-state index < -0.39 is 0 Å². The number of Topliss-reactive ketones (excluding diaryl/α,β-unsaturated/α-hetero) is 1. The van der Waals surface area contributed by atoms with Crippen LogP contribution in [0.3, 0.4) is 0 Å². The Hall–Kier alpha value is -1.70. The molecule has 0 atom stereocenters. The molecule has 0 aliphatic rings. The SMILES string of the molecule is CC(=O)/C(C)=C/C=C(C)Cc1ccc(F)cc1. The van der Waals surface area contributed by atoms with E-state index in [0.29, 0.717) is 0 Å². The maximum atomic E-state index is 12.7. The summed E-state index contributed by atoms with van der Waals surface area (Å²) >= 11 is 0. The molecule has 1 nitrogen and oxygen atoms in total. The molecule has 0 N–H and O–H groups in total. The first-order valence-electron chi connectivity index (χ1n) is 5.58. The molecule has 1 rings (SSSR count). The number of ketones is 1. The Morgan fingerprint density at radius 1 is 1.12 bits per heavy atom. The fourth-order valence-corrected chi connectivity index (χ4v) is 1.37. The predicted molar refractivity (Wildman–Crippen MR) is 68.3 cm³/mol. The molecular formula is C15H17FO. The average Bonchev–Trinajstić information content (AvgIpc) is 2.29. The summed E-state index contributed by atoms with van der Waals surface area (Å²) in [6, 6.07) is 6.46. The highest BCUT2D eigenvalue weighted by Crippen LogP contribution is 2.09. The number of rotatable bonds is 4. The largest absolute Gasteiger partial charge is 0.295 e. The smallest absolute Gasteiger partial charge is 0.155 e. The van der Waals surface area contributed by atoms with Crippen LogP contribution in [0.5, 0.6) is 0 Å². The molecule has 0 unspecified atom stereocenters. The Kier molecular flexibility index (Phi) is 4.83. The monoisotopic (exact) mass is 232 g/mol. The Morgan fingerprint density at radius 2 is 1.71 bits per heavy atom. The van der Waals surface area contributed by atoms with Gasteiger partial charge in [0.1, 0.15) is 5.82 Å². The molecule has 90 valence electrons. The van der Waals surface area contributed by atoms with Gasteiger partial charge in [0.15, 0.2) is 5.78 Å². The molecule has 2 heteroatoms. The van der Waals surface area contributed by atoms with E-state index in [2.05, 4.69) is 0 Å². The van der Waals surface area contributed by atoms with Crippen molar-refractivity contribution in [2.24, 2.45) is 0 Å². The quantitative estimate of drug-likeness (QED) is 0.569. The normalized spacial score (nSPS) is 12.7. The first kappa shape index (κ1) is 13.4. The number of hydrogen-bond donors (Lipinski definition) is 0. The van der Waals surface area contributed by atoms with Crippen molar-refractivity contribution >= 4 is 5.78 Å². The lowest BCUT2D eigenvalue weighted by atomic mass is 10.1. The standard InChI is InChI=1S/C15H17FO/c1-11(4-5-12(2)13(3)17)10-14-6-8-15(16)9-7-14/h4-9H,10H2,1-3H3/b11-4?,12-5+. The Balaban J connectivity index is 2.69. The van der Waals surface area contributed by atoms with Crippen LogP contribution in [0.25, 0.3) is 0 Å². The van der Waals surface area contributed by atoms with Crippen molar-refractivity contribution < 1.29 is 9.18 Å². The number of benzene rings is 1. The lowest BCUT2D eigenvalue weighted by Crippen LogP contribution is -1.91. The zero-order chi connectivity index (χ0) is 12.8. The molecule has 0 saturated carbocycles. The number of hydrogen-bond acceptors (Lipinski definition) is 1. The van der Waals surface area contributed by atoms with Gasteiger partial charge < -0.3 is 0 Å². The number of halogens is 1. The third-order valence-electron chi connectivity index (χ3n) is 2.57. The van der Waals surface area contributed by atoms with Gasteiger partial charge in [-0.25, -0.2) is 4.39 Å². The van der Waals surface area contributed by atoms with E-state index in [1.54, 1.807) is 26.0 Å². The first-order chi connectivity index (χ1) is 7.99. The van der Waals surface area contributed by atoms with Crippen LogP contribution in [-0.2, 0) is 11.2 Å². The van der Waals surface area contributed by atoms with E-state index in [1.165, 1.54) is 12.1 Å². The van der Waals surface area contributed by atoms with Crippen LogP contribution >= 0.6 is 0 Å². The van der Waals surface area contributed by atoms with E-state index in [9.17, 15) is 9.18 Å². The third kappa shape index (κ3) is 4.77. The summed E-state index contributed by atoms with van der Waals surface area (Å²) in [6.07, 6.45) is 4.52. The zero-order valence-electron chi connectivity index (χ0n) is 10.5. The van der Waals surface area contributed by atoms with Crippen molar-refractivity contribution in [3.63, 3.8) is 0 Å². The van der Waals surface area contributed by atoms with E-state index in [-0.39, 0.29) is 11.6 Å². The van der Waals surface area contributed by atoms with Crippen LogP contribution in [0.2, 0.25) is 0 Å². The maximum absolute atomic E-state index is 12.7. The van der Waals surface area contributed by atoms with Gasteiger partial charge in [0.05, 0.1) is 0 Å². The van der Waals surface area contributed by atoms with Gasteiger partial charge in [-0.2, -0.15) is 0 Å². The molecule has 0 amide bonds. The first-order valence-corrected chi connectivity index (χ1v) is 5.58. The van der Waals surface area contributed by atoms with Crippen LogP contribution in [0.4, 0.5) is 4.39 Å². The third-order valence-corrected chi connectivity index (χ3v) is 2.57. The molecule has 0 bridgehead atoms. The highest BCUT2D eigenvalue weighted by Gasteiger charge is 1.96. The van der Waals surface area contributed by atoms with E-state index >= 15 is 0 Å². The molecule has 0 fully saturated rings. The Morgan fingerprint density at radius 3 is 2.24 bits per heavy atom. The molecule has 1 aromatic carbocycles. The van der Waals surface area contributed by atoms with Crippen molar-refractivity contribution in [3.05, 3.63) is 58.9 Å². The predicted octanol–water partition coefficient (Wildman–Crippen LogP) is 3.85. The fraction of sp³-hybridized carbons (Fsp3) is 0.267. The van der Waals surface area contributed by atoms with Crippen LogP contribution in [0.1, 0.15) is 26.3 Å². The topological polar surface area (TPSA) is 17.1 Å². The molecule has 0 spiro atoms. The molecule has 0 radical (unpaired) electrons. The van der Waals surface area contributed by atoms with Crippen molar-refractivity contribution in [3.8, 4) is 0 Å². The summed E-state index contributed by atoms with van der Waals surface area (Å²) in [5, 5.41) is 0. The van der Waals surface area contributed by atoms with Gasteiger partial charge in [-0.05, 0) is 50.5 Å². The second-order valence-corrected chi connectivity index (χ2v) is 4.22. The fourth-order valence-electron chi connectivity index (χ4n) is 1.37. The van der Waals surface area contributed by atoms with Gasteiger partial charge in [-0.15, -0.1) is 0 Å². The molecule has 0 aliphatic carbocycles. The summed E-state index contributed by atoms with van der Waals surface area (Å²) in [6.45, 7) is 5.34. The van der Waals surface area contributed by atoms with Gasteiger partial charge >= 0.3 is 0 Å². The van der Waals surface area contributed by atoms with Crippen LogP contribution in [0.15, 0.2) is 47.6 Å². The van der Waals surface area contributed by atoms with E-state index in [0.717, 1.165) is 23.1 Å². The summed E-state index contributed by atoms with van der Waals surface area (Å²) in [7, 11) is 0. The summed E-state index contributed by atoms with van der Waals surface area (Å²) in [5.74, 6) is -0.140. The average molecular weight is 232 g/mol. The van der Waals surface area contributed by atoms with Crippen molar-refractivity contribution in [2.45, 2.75) is 27.2 Å². The number of carbonyl (C=O) groups excluding carboxylic acids is 1.